The topological polar surface area (TPSA) is 43.7 Å². The number of hydrogen-bond acceptors (Lipinski definition) is 3. The van der Waals surface area contributed by atoms with Gasteiger partial charge in [-0.1, -0.05) is 12.5 Å². The van der Waals surface area contributed by atoms with Crippen molar-refractivity contribution in [3.05, 3.63) is 29.6 Å². The summed E-state index contributed by atoms with van der Waals surface area (Å²) >= 11 is 0. The number of nitrogens with zero attached hydrogens (tertiary/aromatic N) is 1. The van der Waals surface area contributed by atoms with Crippen molar-refractivity contribution < 1.29 is 14.4 Å². The average Bonchev–Trinajstić information content (AvgIpc) is 2.99. The first-order chi connectivity index (χ1) is 10.0. The fourth-order valence-corrected chi connectivity index (χ4v) is 4.29. The third-order valence-electron chi connectivity index (χ3n) is 5.16. The molecule has 2 bridgehead atoms. The van der Waals surface area contributed by atoms with Crippen molar-refractivity contribution >= 4 is 12.6 Å². The van der Waals surface area contributed by atoms with Crippen LogP contribution in [0.15, 0.2) is 18.2 Å². The van der Waals surface area contributed by atoms with Crippen LogP contribution in [-0.2, 0) is 6.54 Å². The van der Waals surface area contributed by atoms with E-state index in [1.54, 1.807) is 6.07 Å². The van der Waals surface area contributed by atoms with Gasteiger partial charge in [0, 0.05) is 13.1 Å². The molecule has 0 amide bonds. The maximum Gasteiger partial charge on any atom is 0.488 e. The third-order valence-corrected chi connectivity index (χ3v) is 5.16. The maximum absolute atomic E-state index is 13.5. The second-order valence-electron chi connectivity index (χ2n) is 6.90. The molecule has 3 nitrogen and oxygen atoms in total. The predicted octanol–water partition coefficient (Wildman–Crippen LogP) is 1.37. The van der Waals surface area contributed by atoms with Gasteiger partial charge in [-0.05, 0) is 67.2 Å². The Bertz CT molecular complexity index is 511. The first-order valence-corrected chi connectivity index (χ1v) is 7.85. The molecule has 0 saturated heterocycles. The molecule has 2 aliphatic carbocycles. The highest BCUT2D eigenvalue weighted by molar-refractivity contribution is 6.58. The number of halogens is 1. The molecule has 2 N–H and O–H groups in total. The van der Waals surface area contributed by atoms with Crippen molar-refractivity contribution in [3.8, 4) is 0 Å². The molecule has 3 atom stereocenters. The normalized spacial score (nSPS) is 27.6. The van der Waals surface area contributed by atoms with Gasteiger partial charge >= 0.3 is 7.12 Å². The summed E-state index contributed by atoms with van der Waals surface area (Å²) in [5, 5.41) is 18.4. The van der Waals surface area contributed by atoms with Crippen LogP contribution < -0.4 is 5.46 Å². The molecule has 3 rings (SSSR count). The number of rotatable bonds is 5. The minimum absolute atomic E-state index is 0.221. The molecule has 3 unspecified atom stereocenters. The molecule has 21 heavy (non-hydrogen) atoms. The quantitative estimate of drug-likeness (QED) is 0.805. The monoisotopic (exact) mass is 291 g/mol. The molecule has 2 saturated carbocycles. The lowest BCUT2D eigenvalue weighted by Gasteiger charge is -2.27. The van der Waals surface area contributed by atoms with E-state index in [-0.39, 0.29) is 5.46 Å². The molecular formula is C16H23BFNO2. The molecule has 0 aliphatic heterocycles. The van der Waals surface area contributed by atoms with Gasteiger partial charge in [0.25, 0.3) is 0 Å². The van der Waals surface area contributed by atoms with Crippen LogP contribution >= 0.6 is 0 Å². The molecule has 1 aromatic rings. The van der Waals surface area contributed by atoms with Crippen molar-refractivity contribution in [1.29, 1.82) is 0 Å². The van der Waals surface area contributed by atoms with Gasteiger partial charge in [0.15, 0.2) is 0 Å². The van der Waals surface area contributed by atoms with Crippen LogP contribution in [0, 0.1) is 23.6 Å². The van der Waals surface area contributed by atoms with E-state index in [4.69, 9.17) is 0 Å². The Hall–Kier alpha value is -0.905. The summed E-state index contributed by atoms with van der Waals surface area (Å²) in [4.78, 5) is 2.23. The molecule has 0 aromatic heterocycles. The number of benzene rings is 1. The van der Waals surface area contributed by atoms with E-state index in [0.717, 1.165) is 29.9 Å². The van der Waals surface area contributed by atoms with Crippen LogP contribution in [0.5, 0.6) is 0 Å². The van der Waals surface area contributed by atoms with Crippen LogP contribution in [0.2, 0.25) is 0 Å². The van der Waals surface area contributed by atoms with Crippen LogP contribution in [0.25, 0.3) is 0 Å². The summed E-state index contributed by atoms with van der Waals surface area (Å²) in [6.45, 7) is 1.69. The van der Waals surface area contributed by atoms with Crippen molar-refractivity contribution in [1.82, 2.24) is 4.90 Å². The van der Waals surface area contributed by atoms with E-state index in [1.165, 1.54) is 37.8 Å². The lowest BCUT2D eigenvalue weighted by Crippen LogP contribution is -2.32. The van der Waals surface area contributed by atoms with Crippen molar-refractivity contribution in [2.24, 2.45) is 17.8 Å². The van der Waals surface area contributed by atoms with E-state index in [0.29, 0.717) is 6.54 Å². The highest BCUT2D eigenvalue weighted by Crippen LogP contribution is 2.48. The van der Waals surface area contributed by atoms with Gasteiger partial charge in [-0.25, -0.2) is 4.39 Å². The van der Waals surface area contributed by atoms with Crippen LogP contribution in [-0.4, -0.2) is 35.7 Å². The van der Waals surface area contributed by atoms with Gasteiger partial charge in [-0.3, -0.25) is 0 Å². The molecule has 2 fully saturated rings. The summed E-state index contributed by atoms with van der Waals surface area (Å²) in [6, 6.07) is 4.32. The first-order valence-electron chi connectivity index (χ1n) is 7.85. The second-order valence-corrected chi connectivity index (χ2v) is 6.90. The molecule has 1 aromatic carbocycles. The molecular weight excluding hydrogens is 268 g/mol. The lowest BCUT2D eigenvalue weighted by atomic mass is 9.79. The predicted molar refractivity (Wildman–Crippen MR) is 81.5 cm³/mol. The van der Waals surface area contributed by atoms with E-state index in [2.05, 4.69) is 11.9 Å². The molecule has 0 spiro atoms. The van der Waals surface area contributed by atoms with Crippen molar-refractivity contribution in [3.63, 3.8) is 0 Å². The highest BCUT2D eigenvalue weighted by atomic mass is 19.1. The van der Waals surface area contributed by atoms with Gasteiger partial charge in [0.2, 0.25) is 0 Å². The summed E-state index contributed by atoms with van der Waals surface area (Å²) < 4.78 is 13.5. The van der Waals surface area contributed by atoms with Crippen LogP contribution in [0.1, 0.15) is 31.2 Å². The SMILES string of the molecule is CN(Cc1cc(F)cc(B(O)O)c1)CC1CC2CCC1C2. The third kappa shape index (κ3) is 3.47. The van der Waals surface area contributed by atoms with Gasteiger partial charge in [-0.15, -0.1) is 0 Å². The number of hydrogen-bond donors (Lipinski definition) is 2. The van der Waals surface area contributed by atoms with E-state index in [9.17, 15) is 14.4 Å². The fraction of sp³-hybridized carbons (Fsp3) is 0.625. The van der Waals surface area contributed by atoms with Crippen LogP contribution in [0.3, 0.4) is 0 Å². The number of fused-ring (bicyclic) bond motifs is 2. The summed E-state index contributed by atoms with van der Waals surface area (Å²) in [6.07, 6.45) is 5.54. The molecule has 114 valence electrons. The van der Waals surface area contributed by atoms with E-state index >= 15 is 0 Å². The van der Waals surface area contributed by atoms with Crippen molar-refractivity contribution in [2.45, 2.75) is 32.2 Å². The summed E-state index contributed by atoms with van der Waals surface area (Å²) in [5.74, 6) is 2.20. The van der Waals surface area contributed by atoms with Gasteiger partial charge in [-0.2, -0.15) is 0 Å². The highest BCUT2D eigenvalue weighted by Gasteiger charge is 2.39. The van der Waals surface area contributed by atoms with Gasteiger partial charge < -0.3 is 14.9 Å². The molecule has 5 heteroatoms. The minimum atomic E-state index is -1.62. The van der Waals surface area contributed by atoms with E-state index in [1.807, 2.05) is 0 Å². The standard InChI is InChI=1S/C16H23BFNO2/c1-19(10-14-5-11-2-3-13(14)4-11)9-12-6-15(17(20)21)8-16(18)7-12/h6-8,11,13-14,20-21H,2-5,9-10H2,1H3. The smallest absolute Gasteiger partial charge is 0.423 e. The largest absolute Gasteiger partial charge is 0.488 e. The Morgan fingerprint density at radius 2 is 2.05 bits per heavy atom. The van der Waals surface area contributed by atoms with Crippen molar-refractivity contribution in [2.75, 3.05) is 13.6 Å². The summed E-state index contributed by atoms with van der Waals surface area (Å²) in [5.41, 5.74) is 1.02. The average molecular weight is 291 g/mol. The molecule has 0 heterocycles. The lowest BCUT2D eigenvalue weighted by molar-refractivity contribution is 0.214. The Balaban J connectivity index is 1.60. The minimum Gasteiger partial charge on any atom is -0.423 e. The van der Waals surface area contributed by atoms with Gasteiger partial charge in [0.05, 0.1) is 0 Å². The Labute approximate surface area is 125 Å². The van der Waals surface area contributed by atoms with Gasteiger partial charge in [0.1, 0.15) is 5.82 Å². The Morgan fingerprint density at radius 1 is 1.24 bits per heavy atom. The zero-order valence-corrected chi connectivity index (χ0v) is 12.5. The zero-order chi connectivity index (χ0) is 15.0. The zero-order valence-electron chi connectivity index (χ0n) is 12.5. The first kappa shape index (κ1) is 15.0. The van der Waals surface area contributed by atoms with E-state index < -0.39 is 12.9 Å². The maximum atomic E-state index is 13.5. The summed E-state index contributed by atoms with van der Waals surface area (Å²) in [7, 11) is 0.446. The second kappa shape index (κ2) is 6.07. The molecule has 0 radical (unpaired) electrons. The molecule has 2 aliphatic rings. The fourth-order valence-electron chi connectivity index (χ4n) is 4.29. The Kier molecular flexibility index (Phi) is 4.34. The van der Waals surface area contributed by atoms with Crippen LogP contribution in [0.4, 0.5) is 4.39 Å². The Morgan fingerprint density at radius 3 is 2.67 bits per heavy atom.